The van der Waals surface area contributed by atoms with Crippen LogP contribution in [0.25, 0.3) is 0 Å². The molecule has 1 N–H and O–H groups in total. The van der Waals surface area contributed by atoms with Crippen molar-refractivity contribution in [3.8, 4) is 0 Å². The molecule has 1 aliphatic carbocycles. The molecule has 2 amide bonds. The minimum absolute atomic E-state index is 0.000738. The Hall–Kier alpha value is -2.32. The van der Waals surface area contributed by atoms with Crippen LogP contribution in [0.2, 0.25) is 0 Å². The van der Waals surface area contributed by atoms with Crippen molar-refractivity contribution in [3.05, 3.63) is 11.9 Å². The van der Waals surface area contributed by atoms with Crippen molar-refractivity contribution >= 4 is 23.6 Å². The third kappa shape index (κ3) is 3.22. The molecule has 0 atom stereocenters. The quantitative estimate of drug-likeness (QED) is 0.823. The Balaban J connectivity index is 1.90. The van der Waals surface area contributed by atoms with Crippen LogP contribution < -0.4 is 10.2 Å². The van der Waals surface area contributed by atoms with Crippen LogP contribution in [0.5, 0.6) is 0 Å². The SMILES string of the molecule is CN1C(=O)C2(CCC(F)(F)CC2)c2nc(NC(=O)OC(C)(C)C)cnc21. The van der Waals surface area contributed by atoms with Gasteiger partial charge >= 0.3 is 6.09 Å². The second-order valence-corrected chi connectivity index (χ2v) is 7.86. The van der Waals surface area contributed by atoms with E-state index in [9.17, 15) is 18.4 Å². The highest BCUT2D eigenvalue weighted by Crippen LogP contribution is 2.51. The molecule has 1 aromatic heterocycles. The first-order valence-electron chi connectivity index (χ1n) is 8.47. The molecule has 26 heavy (non-hydrogen) atoms. The van der Waals surface area contributed by atoms with Crippen molar-refractivity contribution in [2.75, 3.05) is 17.3 Å². The van der Waals surface area contributed by atoms with Crippen molar-refractivity contribution in [1.29, 1.82) is 0 Å². The number of likely N-dealkylation sites (N-methyl/N-ethyl adjacent to an activating group) is 1. The van der Waals surface area contributed by atoms with Crippen LogP contribution in [0.15, 0.2) is 6.20 Å². The molecule has 0 bridgehead atoms. The first-order valence-corrected chi connectivity index (χ1v) is 8.47. The van der Waals surface area contributed by atoms with E-state index in [0.717, 1.165) is 0 Å². The summed E-state index contributed by atoms with van der Waals surface area (Å²) in [5.74, 6) is -2.59. The number of alkyl halides is 2. The Labute approximate surface area is 150 Å². The molecule has 142 valence electrons. The van der Waals surface area contributed by atoms with Gasteiger partial charge in [-0.15, -0.1) is 0 Å². The summed E-state index contributed by atoms with van der Waals surface area (Å²) in [5, 5.41) is 2.48. The van der Waals surface area contributed by atoms with Gasteiger partial charge in [0, 0.05) is 19.9 Å². The van der Waals surface area contributed by atoms with Gasteiger partial charge in [-0.3, -0.25) is 15.0 Å². The fourth-order valence-electron chi connectivity index (χ4n) is 3.43. The number of hydrogen-bond acceptors (Lipinski definition) is 5. The molecule has 1 aromatic rings. The van der Waals surface area contributed by atoms with Gasteiger partial charge in [-0.25, -0.2) is 23.5 Å². The number of halogens is 2. The van der Waals surface area contributed by atoms with Crippen molar-refractivity contribution in [1.82, 2.24) is 9.97 Å². The van der Waals surface area contributed by atoms with Crippen LogP contribution in [-0.2, 0) is 14.9 Å². The number of ether oxygens (including phenoxy) is 1. The van der Waals surface area contributed by atoms with Gasteiger partial charge in [0.25, 0.3) is 0 Å². The van der Waals surface area contributed by atoms with Gasteiger partial charge in [0.05, 0.1) is 11.6 Å². The molecule has 1 saturated carbocycles. The number of amides is 2. The number of carbonyl (C=O) groups is 2. The average molecular weight is 368 g/mol. The van der Waals surface area contributed by atoms with E-state index in [2.05, 4.69) is 15.3 Å². The molecule has 0 aromatic carbocycles. The van der Waals surface area contributed by atoms with E-state index in [1.165, 1.54) is 11.1 Å². The fraction of sp³-hybridized carbons (Fsp3) is 0.647. The van der Waals surface area contributed by atoms with Gasteiger partial charge in [-0.1, -0.05) is 0 Å². The maximum atomic E-state index is 13.6. The molecule has 1 spiro atoms. The topological polar surface area (TPSA) is 84.4 Å². The summed E-state index contributed by atoms with van der Waals surface area (Å²) in [6, 6.07) is 0. The number of fused-ring (bicyclic) bond motifs is 2. The van der Waals surface area contributed by atoms with E-state index in [1.807, 2.05) is 0 Å². The van der Waals surface area contributed by atoms with Crippen molar-refractivity contribution in [2.45, 2.75) is 63.4 Å². The summed E-state index contributed by atoms with van der Waals surface area (Å²) in [7, 11) is 1.55. The lowest BCUT2D eigenvalue weighted by Gasteiger charge is -2.35. The maximum absolute atomic E-state index is 13.6. The zero-order valence-corrected chi connectivity index (χ0v) is 15.2. The van der Waals surface area contributed by atoms with Gasteiger partial charge < -0.3 is 4.74 Å². The van der Waals surface area contributed by atoms with Crippen molar-refractivity contribution in [3.63, 3.8) is 0 Å². The Bertz CT molecular complexity index is 751. The number of hydrogen-bond donors (Lipinski definition) is 1. The molecule has 1 aliphatic heterocycles. The lowest BCUT2D eigenvalue weighted by atomic mass is 9.71. The predicted octanol–water partition coefficient (Wildman–Crippen LogP) is 3.25. The molecule has 0 radical (unpaired) electrons. The van der Waals surface area contributed by atoms with Crippen molar-refractivity contribution < 1.29 is 23.1 Å². The van der Waals surface area contributed by atoms with Crippen LogP contribution in [-0.4, -0.2) is 40.5 Å². The highest BCUT2D eigenvalue weighted by atomic mass is 19.3. The predicted molar refractivity (Wildman–Crippen MR) is 90.4 cm³/mol. The molecule has 7 nitrogen and oxygen atoms in total. The number of rotatable bonds is 1. The first kappa shape index (κ1) is 18.5. The molecule has 9 heteroatoms. The molecule has 2 aliphatic rings. The highest BCUT2D eigenvalue weighted by molar-refractivity contribution is 6.06. The Kier molecular flexibility index (Phi) is 4.16. The van der Waals surface area contributed by atoms with E-state index in [1.54, 1.807) is 27.8 Å². The molecule has 0 saturated heterocycles. The average Bonchev–Trinajstić information content (AvgIpc) is 2.71. The molecule has 2 heterocycles. The van der Waals surface area contributed by atoms with Crippen LogP contribution in [0.1, 0.15) is 52.1 Å². The number of nitrogens with zero attached hydrogens (tertiary/aromatic N) is 3. The summed E-state index contributed by atoms with van der Waals surface area (Å²) in [6.07, 6.45) is -0.132. The lowest BCUT2D eigenvalue weighted by molar-refractivity contribution is -0.128. The zero-order valence-electron chi connectivity index (χ0n) is 15.2. The van der Waals surface area contributed by atoms with Crippen LogP contribution in [0.4, 0.5) is 25.2 Å². The van der Waals surface area contributed by atoms with Gasteiger partial charge in [-0.2, -0.15) is 0 Å². The zero-order chi connectivity index (χ0) is 19.3. The largest absolute Gasteiger partial charge is 0.444 e. The molecular formula is C17H22F2N4O3. The Morgan fingerprint density at radius 3 is 2.46 bits per heavy atom. The second-order valence-electron chi connectivity index (χ2n) is 7.86. The van der Waals surface area contributed by atoms with Gasteiger partial charge in [0.15, 0.2) is 11.6 Å². The van der Waals surface area contributed by atoms with Gasteiger partial charge in [0.2, 0.25) is 11.8 Å². The smallest absolute Gasteiger partial charge is 0.413 e. The van der Waals surface area contributed by atoms with E-state index >= 15 is 0 Å². The minimum Gasteiger partial charge on any atom is -0.444 e. The molecule has 0 unspecified atom stereocenters. The van der Waals surface area contributed by atoms with Crippen LogP contribution in [0.3, 0.4) is 0 Å². The number of aromatic nitrogens is 2. The monoisotopic (exact) mass is 368 g/mol. The lowest BCUT2D eigenvalue weighted by Crippen LogP contribution is -2.44. The highest BCUT2D eigenvalue weighted by Gasteiger charge is 2.56. The standard InChI is InChI=1S/C17H22F2N4O3/c1-15(2,3)26-14(25)22-10-9-20-12-11(21-10)16(13(24)23(12)4)5-7-17(18,19)8-6-16/h9H,5-8H2,1-4H3,(H,21,22,25). The van der Waals surface area contributed by atoms with Crippen LogP contribution >= 0.6 is 0 Å². The third-order valence-corrected chi connectivity index (χ3v) is 4.70. The fourth-order valence-corrected chi connectivity index (χ4v) is 3.43. The maximum Gasteiger partial charge on any atom is 0.413 e. The molecular weight excluding hydrogens is 346 g/mol. The Morgan fingerprint density at radius 2 is 1.88 bits per heavy atom. The van der Waals surface area contributed by atoms with Gasteiger partial charge in [-0.05, 0) is 33.6 Å². The van der Waals surface area contributed by atoms with Crippen molar-refractivity contribution in [2.24, 2.45) is 0 Å². The normalized spacial score (nSPS) is 20.8. The minimum atomic E-state index is -2.77. The number of carbonyl (C=O) groups excluding carboxylic acids is 2. The van der Waals surface area contributed by atoms with Crippen LogP contribution in [0, 0.1) is 0 Å². The van der Waals surface area contributed by atoms with E-state index < -0.39 is 23.0 Å². The van der Waals surface area contributed by atoms with E-state index in [-0.39, 0.29) is 37.4 Å². The summed E-state index contributed by atoms with van der Waals surface area (Å²) in [4.78, 5) is 34.6. The summed E-state index contributed by atoms with van der Waals surface area (Å²) < 4.78 is 32.4. The first-order chi connectivity index (χ1) is 11.9. The summed E-state index contributed by atoms with van der Waals surface area (Å²) in [5.41, 5.74) is -1.45. The second kappa shape index (κ2) is 5.85. The summed E-state index contributed by atoms with van der Waals surface area (Å²) in [6.45, 7) is 5.18. The number of nitrogens with one attached hydrogen (secondary N) is 1. The van der Waals surface area contributed by atoms with E-state index in [0.29, 0.717) is 11.5 Å². The van der Waals surface area contributed by atoms with Gasteiger partial charge in [0.1, 0.15) is 11.3 Å². The molecule has 1 fully saturated rings. The number of anilines is 2. The molecule has 3 rings (SSSR count). The van der Waals surface area contributed by atoms with E-state index in [4.69, 9.17) is 4.74 Å². The summed E-state index contributed by atoms with van der Waals surface area (Å²) >= 11 is 0. The Morgan fingerprint density at radius 1 is 1.27 bits per heavy atom. The third-order valence-electron chi connectivity index (χ3n) is 4.70.